The van der Waals surface area contributed by atoms with Crippen LogP contribution in [0.3, 0.4) is 0 Å². The minimum atomic E-state index is -0.189. The Morgan fingerprint density at radius 1 is 1.31 bits per heavy atom. The average Bonchev–Trinajstić information content (AvgIpc) is 2.35. The van der Waals surface area contributed by atoms with Crippen molar-refractivity contribution in [2.24, 2.45) is 5.73 Å². The molecule has 0 unspecified atom stereocenters. The second-order valence-corrected chi connectivity index (χ2v) is 3.52. The monoisotopic (exact) mass is 222 g/mol. The van der Waals surface area contributed by atoms with Gasteiger partial charge in [-0.2, -0.15) is 0 Å². The first-order chi connectivity index (χ1) is 7.76. The topological polar surface area (TPSA) is 64.3 Å². The molecule has 16 heavy (non-hydrogen) atoms. The third kappa shape index (κ3) is 4.42. The minimum Gasteiger partial charge on any atom is -0.469 e. The number of hydrogen-bond acceptors (Lipinski definition) is 4. The Hall–Kier alpha value is -1.39. The lowest BCUT2D eigenvalue weighted by atomic mass is 10.1. The van der Waals surface area contributed by atoms with Crippen LogP contribution in [0.15, 0.2) is 24.3 Å². The summed E-state index contributed by atoms with van der Waals surface area (Å²) >= 11 is 0. The third-order valence-corrected chi connectivity index (χ3v) is 2.32. The first kappa shape index (κ1) is 12.7. The maximum Gasteiger partial charge on any atom is 0.306 e. The number of carbonyl (C=O) groups is 1. The lowest BCUT2D eigenvalue weighted by Crippen LogP contribution is -2.18. The molecule has 0 atom stereocenters. The summed E-state index contributed by atoms with van der Waals surface area (Å²) in [6.07, 6.45) is 0.400. The van der Waals surface area contributed by atoms with E-state index in [1.807, 2.05) is 24.3 Å². The van der Waals surface area contributed by atoms with Gasteiger partial charge in [0.15, 0.2) is 0 Å². The Bertz CT molecular complexity index is 322. The van der Waals surface area contributed by atoms with Crippen LogP contribution >= 0.6 is 0 Å². The van der Waals surface area contributed by atoms with E-state index in [9.17, 15) is 4.79 Å². The van der Waals surface area contributed by atoms with E-state index >= 15 is 0 Å². The summed E-state index contributed by atoms with van der Waals surface area (Å²) in [5, 5.41) is 3.17. The van der Waals surface area contributed by atoms with Crippen LogP contribution in [0.1, 0.15) is 17.5 Å². The first-order valence-electron chi connectivity index (χ1n) is 5.31. The van der Waals surface area contributed by atoms with Crippen molar-refractivity contribution in [3.05, 3.63) is 35.4 Å². The summed E-state index contributed by atoms with van der Waals surface area (Å²) in [4.78, 5) is 10.8. The summed E-state index contributed by atoms with van der Waals surface area (Å²) < 4.78 is 4.54. The number of methoxy groups -OCH3 is 1. The Kier molecular flexibility index (Phi) is 5.53. The summed E-state index contributed by atoms with van der Waals surface area (Å²) in [6, 6.07) is 8.09. The summed E-state index contributed by atoms with van der Waals surface area (Å²) in [7, 11) is 1.40. The normalized spacial score (nSPS) is 10.1. The minimum absolute atomic E-state index is 0.189. The molecule has 0 aliphatic carbocycles. The zero-order valence-corrected chi connectivity index (χ0v) is 9.53. The molecule has 88 valence electrons. The van der Waals surface area contributed by atoms with Gasteiger partial charge in [0, 0.05) is 19.6 Å². The fraction of sp³-hybridized carbons (Fsp3) is 0.417. The largest absolute Gasteiger partial charge is 0.469 e. The van der Waals surface area contributed by atoms with Gasteiger partial charge in [-0.15, -0.1) is 0 Å². The third-order valence-electron chi connectivity index (χ3n) is 2.32. The van der Waals surface area contributed by atoms with Crippen LogP contribution < -0.4 is 11.1 Å². The van der Waals surface area contributed by atoms with Gasteiger partial charge in [-0.3, -0.25) is 4.79 Å². The number of rotatable bonds is 6. The summed E-state index contributed by atoms with van der Waals surface area (Å²) in [6.45, 7) is 1.95. The predicted molar refractivity (Wildman–Crippen MR) is 62.7 cm³/mol. The molecular formula is C12H18N2O2. The maximum absolute atomic E-state index is 10.8. The quantitative estimate of drug-likeness (QED) is 0.552. The van der Waals surface area contributed by atoms with Gasteiger partial charge in [0.05, 0.1) is 13.5 Å². The maximum atomic E-state index is 10.8. The highest BCUT2D eigenvalue weighted by atomic mass is 16.5. The summed E-state index contributed by atoms with van der Waals surface area (Å²) in [5.74, 6) is -0.189. The zero-order valence-electron chi connectivity index (χ0n) is 9.53. The number of esters is 1. The summed E-state index contributed by atoms with van der Waals surface area (Å²) in [5.41, 5.74) is 7.81. The molecule has 0 saturated heterocycles. The fourth-order valence-electron chi connectivity index (χ4n) is 1.32. The molecule has 0 amide bonds. The van der Waals surface area contributed by atoms with Crippen molar-refractivity contribution in [1.29, 1.82) is 0 Å². The highest BCUT2D eigenvalue weighted by Gasteiger charge is 1.99. The van der Waals surface area contributed by atoms with Crippen LogP contribution in [0.5, 0.6) is 0 Å². The molecule has 0 fully saturated rings. The van der Waals surface area contributed by atoms with E-state index in [0.29, 0.717) is 19.5 Å². The van der Waals surface area contributed by atoms with Crippen LogP contribution in [-0.4, -0.2) is 19.6 Å². The number of nitrogens with two attached hydrogens (primary N) is 1. The molecular weight excluding hydrogens is 204 g/mol. The molecule has 0 aromatic heterocycles. The molecule has 3 N–H and O–H groups in total. The molecule has 1 aromatic carbocycles. The van der Waals surface area contributed by atoms with Gasteiger partial charge in [-0.05, 0) is 11.1 Å². The second kappa shape index (κ2) is 6.98. The van der Waals surface area contributed by atoms with Gasteiger partial charge >= 0.3 is 5.97 Å². The standard InChI is InChI=1S/C12H18N2O2/c1-16-12(15)6-7-14-9-11-4-2-10(8-13)3-5-11/h2-5,14H,6-9,13H2,1H3. The van der Waals surface area contributed by atoms with E-state index in [0.717, 1.165) is 12.1 Å². The number of carbonyl (C=O) groups excluding carboxylic acids is 1. The molecule has 0 aliphatic rings. The molecule has 0 aliphatic heterocycles. The zero-order chi connectivity index (χ0) is 11.8. The van der Waals surface area contributed by atoms with Crippen molar-refractivity contribution in [3.8, 4) is 0 Å². The fourth-order valence-corrected chi connectivity index (χ4v) is 1.32. The SMILES string of the molecule is COC(=O)CCNCc1ccc(CN)cc1. The van der Waals surface area contributed by atoms with E-state index < -0.39 is 0 Å². The molecule has 4 nitrogen and oxygen atoms in total. The van der Waals surface area contributed by atoms with Gasteiger partial charge < -0.3 is 15.8 Å². The van der Waals surface area contributed by atoms with Crippen LogP contribution in [0, 0.1) is 0 Å². The van der Waals surface area contributed by atoms with E-state index in [4.69, 9.17) is 5.73 Å². The molecule has 1 aromatic rings. The Labute approximate surface area is 95.8 Å². The van der Waals surface area contributed by atoms with Crippen LogP contribution in [0.4, 0.5) is 0 Å². The van der Waals surface area contributed by atoms with Gasteiger partial charge in [0.1, 0.15) is 0 Å². The molecule has 1 rings (SSSR count). The van der Waals surface area contributed by atoms with E-state index in [2.05, 4.69) is 10.1 Å². The molecule has 0 saturated carbocycles. The number of ether oxygens (including phenoxy) is 1. The molecule has 0 spiro atoms. The molecule has 0 heterocycles. The van der Waals surface area contributed by atoms with E-state index in [1.165, 1.54) is 12.7 Å². The average molecular weight is 222 g/mol. The van der Waals surface area contributed by atoms with Crippen molar-refractivity contribution in [2.75, 3.05) is 13.7 Å². The predicted octanol–water partition coefficient (Wildman–Crippen LogP) is 0.798. The van der Waals surface area contributed by atoms with Crippen molar-refractivity contribution in [1.82, 2.24) is 5.32 Å². The molecule has 0 bridgehead atoms. The number of hydrogen-bond donors (Lipinski definition) is 2. The van der Waals surface area contributed by atoms with Crippen molar-refractivity contribution >= 4 is 5.97 Å². The smallest absolute Gasteiger partial charge is 0.306 e. The van der Waals surface area contributed by atoms with Crippen molar-refractivity contribution < 1.29 is 9.53 Å². The van der Waals surface area contributed by atoms with E-state index in [-0.39, 0.29) is 5.97 Å². The van der Waals surface area contributed by atoms with E-state index in [1.54, 1.807) is 0 Å². The Balaban J connectivity index is 2.24. The highest BCUT2D eigenvalue weighted by Crippen LogP contribution is 2.03. The first-order valence-corrected chi connectivity index (χ1v) is 5.31. The van der Waals surface area contributed by atoms with Gasteiger partial charge in [0.25, 0.3) is 0 Å². The number of nitrogens with one attached hydrogen (secondary N) is 1. The lowest BCUT2D eigenvalue weighted by molar-refractivity contribution is -0.140. The van der Waals surface area contributed by atoms with Crippen molar-refractivity contribution in [3.63, 3.8) is 0 Å². The van der Waals surface area contributed by atoms with Crippen molar-refractivity contribution in [2.45, 2.75) is 19.5 Å². The molecule has 4 heteroatoms. The second-order valence-electron chi connectivity index (χ2n) is 3.52. The van der Waals surface area contributed by atoms with Gasteiger partial charge in [-0.25, -0.2) is 0 Å². The Morgan fingerprint density at radius 3 is 2.50 bits per heavy atom. The lowest BCUT2D eigenvalue weighted by Gasteiger charge is -2.05. The van der Waals surface area contributed by atoms with Crippen LogP contribution in [0.2, 0.25) is 0 Å². The number of benzene rings is 1. The van der Waals surface area contributed by atoms with Crippen LogP contribution in [0.25, 0.3) is 0 Å². The Morgan fingerprint density at radius 2 is 1.94 bits per heavy atom. The van der Waals surface area contributed by atoms with Gasteiger partial charge in [-0.1, -0.05) is 24.3 Å². The highest BCUT2D eigenvalue weighted by molar-refractivity contribution is 5.69. The van der Waals surface area contributed by atoms with Crippen LogP contribution in [-0.2, 0) is 22.6 Å². The molecule has 0 radical (unpaired) electrons. The van der Waals surface area contributed by atoms with Gasteiger partial charge in [0.2, 0.25) is 0 Å².